The van der Waals surface area contributed by atoms with E-state index in [1.807, 2.05) is 37.3 Å². The lowest BCUT2D eigenvalue weighted by molar-refractivity contribution is -0.140. The zero-order valence-electron chi connectivity index (χ0n) is 18.6. The van der Waals surface area contributed by atoms with E-state index in [4.69, 9.17) is 11.6 Å². The van der Waals surface area contributed by atoms with Gasteiger partial charge >= 0.3 is 0 Å². The van der Waals surface area contributed by atoms with Crippen molar-refractivity contribution in [1.82, 2.24) is 9.21 Å². The van der Waals surface area contributed by atoms with E-state index in [-0.39, 0.29) is 24.9 Å². The van der Waals surface area contributed by atoms with E-state index >= 15 is 0 Å². The smallest absolute Gasteiger partial charge is 0.268 e. The number of amides is 2. The Hall–Kier alpha value is -1.69. The molecule has 1 atom stereocenters. The van der Waals surface area contributed by atoms with Gasteiger partial charge in [-0.1, -0.05) is 48.9 Å². The zero-order chi connectivity index (χ0) is 24.2. The largest absolute Gasteiger partial charge is 0.330 e. The minimum absolute atomic E-state index is 0.188. The minimum atomic E-state index is -3.53. The Balaban J connectivity index is 1.74. The summed E-state index contributed by atoms with van der Waals surface area (Å²) in [6.07, 6.45) is 2.11. The van der Waals surface area contributed by atoms with Crippen molar-refractivity contribution in [2.45, 2.75) is 39.2 Å². The zero-order valence-corrected chi connectivity index (χ0v) is 22.3. The first kappa shape index (κ1) is 25.9. The summed E-state index contributed by atoms with van der Waals surface area (Å²) in [7, 11) is -3.53. The van der Waals surface area contributed by atoms with Gasteiger partial charge in [-0.2, -0.15) is 4.31 Å². The standard InChI is InChI=1S/C23H27ClIN3O4S/c1-3-27(33(25,31)32)15-22(29)28-13-7-6-10-21(28)23(30)26-17-11-12-19(20(24)14-17)18-9-5-4-8-16(18)2/h4-5,8-9,11-12,14,21H,3,6-7,10,13,15H2,1-2H3,(H,26,30). The van der Waals surface area contributed by atoms with Crippen LogP contribution in [0.15, 0.2) is 42.5 Å². The Bertz CT molecular complexity index is 1140. The Morgan fingerprint density at radius 3 is 2.55 bits per heavy atom. The molecule has 3 rings (SSSR count). The third-order valence-electron chi connectivity index (χ3n) is 5.77. The predicted octanol–water partition coefficient (Wildman–Crippen LogP) is 4.64. The molecule has 0 saturated carbocycles. The molecule has 1 saturated heterocycles. The van der Waals surface area contributed by atoms with E-state index in [9.17, 15) is 18.0 Å². The van der Waals surface area contributed by atoms with Gasteiger partial charge in [0.15, 0.2) is 0 Å². The molecule has 0 aliphatic carbocycles. The second-order valence-electron chi connectivity index (χ2n) is 7.97. The van der Waals surface area contributed by atoms with Crippen molar-refractivity contribution in [2.24, 2.45) is 0 Å². The molecule has 178 valence electrons. The third kappa shape index (κ3) is 6.46. The molecule has 1 unspecified atom stereocenters. The van der Waals surface area contributed by atoms with Crippen LogP contribution in [0.25, 0.3) is 11.1 Å². The summed E-state index contributed by atoms with van der Waals surface area (Å²) in [5.41, 5.74) is 3.55. The van der Waals surface area contributed by atoms with E-state index < -0.39 is 13.2 Å². The van der Waals surface area contributed by atoms with Gasteiger partial charge < -0.3 is 10.2 Å². The summed E-state index contributed by atoms with van der Waals surface area (Å²) in [6.45, 7) is 4.02. The topological polar surface area (TPSA) is 86.8 Å². The van der Waals surface area contributed by atoms with E-state index in [0.717, 1.165) is 33.8 Å². The number of benzene rings is 2. The number of nitrogens with zero attached hydrogens (tertiary/aromatic N) is 2. The fourth-order valence-corrected chi connectivity index (χ4v) is 6.11. The van der Waals surface area contributed by atoms with Crippen LogP contribution >= 0.6 is 32.8 Å². The molecule has 2 amide bonds. The second-order valence-corrected chi connectivity index (χ2v) is 13.1. The maximum absolute atomic E-state index is 13.1. The molecule has 2 aromatic rings. The summed E-state index contributed by atoms with van der Waals surface area (Å²) >= 11 is 7.85. The van der Waals surface area contributed by atoms with Crippen molar-refractivity contribution in [2.75, 3.05) is 25.0 Å². The van der Waals surface area contributed by atoms with Crippen LogP contribution in [0.4, 0.5) is 5.69 Å². The summed E-state index contributed by atoms with van der Waals surface area (Å²) < 4.78 is 24.8. The SMILES string of the molecule is CCN(CC(=O)N1CCCCC1C(=O)Nc1ccc(-c2ccccc2C)c(Cl)c1)S(=O)(=O)I. The second kappa shape index (κ2) is 11.2. The van der Waals surface area contributed by atoms with Crippen LogP contribution in [-0.4, -0.2) is 55.1 Å². The number of nitrogens with one attached hydrogen (secondary N) is 1. The van der Waals surface area contributed by atoms with Crippen LogP contribution in [0.1, 0.15) is 31.7 Å². The van der Waals surface area contributed by atoms with E-state index in [0.29, 0.717) is 23.7 Å². The lowest BCUT2D eigenvalue weighted by Crippen LogP contribution is -2.52. The lowest BCUT2D eigenvalue weighted by atomic mass is 9.99. The highest BCUT2D eigenvalue weighted by molar-refractivity contribution is 14.2. The van der Waals surface area contributed by atoms with Gasteiger partial charge in [-0.3, -0.25) is 9.59 Å². The Labute approximate surface area is 212 Å². The van der Waals surface area contributed by atoms with Gasteiger partial charge in [0, 0.05) is 24.3 Å². The van der Waals surface area contributed by atoms with Crippen LogP contribution in [0.2, 0.25) is 5.02 Å². The molecule has 10 heteroatoms. The third-order valence-corrected chi connectivity index (χ3v) is 8.76. The van der Waals surface area contributed by atoms with E-state index in [1.165, 1.54) is 26.1 Å². The molecule has 1 N–H and O–H groups in total. The highest BCUT2D eigenvalue weighted by Gasteiger charge is 2.34. The number of hydrogen-bond acceptors (Lipinski definition) is 4. The molecular weight excluding hydrogens is 577 g/mol. The highest BCUT2D eigenvalue weighted by atomic mass is 127. The number of rotatable bonds is 7. The van der Waals surface area contributed by atoms with Gasteiger partial charge in [-0.15, -0.1) is 0 Å². The molecule has 0 radical (unpaired) electrons. The maximum Gasteiger partial charge on any atom is 0.268 e. The Morgan fingerprint density at radius 1 is 1.18 bits per heavy atom. The normalized spacial score (nSPS) is 16.6. The van der Waals surface area contributed by atoms with Crippen LogP contribution in [0.3, 0.4) is 0 Å². The van der Waals surface area contributed by atoms with Crippen LogP contribution in [-0.2, 0) is 16.8 Å². The van der Waals surface area contributed by atoms with Crippen molar-refractivity contribution < 1.29 is 18.0 Å². The maximum atomic E-state index is 13.1. The van der Waals surface area contributed by atoms with Crippen molar-refractivity contribution in [3.8, 4) is 11.1 Å². The summed E-state index contributed by atoms with van der Waals surface area (Å²) in [4.78, 5) is 27.5. The van der Waals surface area contributed by atoms with Gasteiger partial charge in [0.1, 0.15) is 6.04 Å². The predicted molar refractivity (Wildman–Crippen MR) is 140 cm³/mol. The molecule has 0 spiro atoms. The van der Waals surface area contributed by atoms with Crippen molar-refractivity contribution in [1.29, 1.82) is 0 Å². The monoisotopic (exact) mass is 603 g/mol. The fraction of sp³-hybridized carbons (Fsp3) is 0.391. The van der Waals surface area contributed by atoms with Crippen molar-refractivity contribution in [3.05, 3.63) is 53.1 Å². The number of halogens is 2. The molecule has 1 heterocycles. The molecule has 33 heavy (non-hydrogen) atoms. The van der Waals surface area contributed by atoms with Crippen LogP contribution in [0, 0.1) is 6.92 Å². The summed E-state index contributed by atoms with van der Waals surface area (Å²) in [6, 6.07) is 12.6. The molecule has 0 aromatic heterocycles. The van der Waals surface area contributed by atoms with E-state index in [2.05, 4.69) is 5.32 Å². The van der Waals surface area contributed by atoms with Gasteiger partial charge in [0.05, 0.1) is 32.8 Å². The number of likely N-dealkylation sites (tertiary alicyclic amines) is 1. The molecule has 7 nitrogen and oxygen atoms in total. The van der Waals surface area contributed by atoms with Crippen LogP contribution in [0.5, 0.6) is 0 Å². The lowest BCUT2D eigenvalue weighted by Gasteiger charge is -2.35. The first-order valence-electron chi connectivity index (χ1n) is 10.8. The van der Waals surface area contributed by atoms with Gasteiger partial charge in [-0.25, -0.2) is 8.42 Å². The molecule has 1 aliphatic rings. The van der Waals surface area contributed by atoms with Gasteiger partial charge in [-0.05, 0) is 49.4 Å². The number of anilines is 1. The highest BCUT2D eigenvalue weighted by Crippen LogP contribution is 2.32. The minimum Gasteiger partial charge on any atom is -0.330 e. The number of likely N-dealkylation sites (N-methyl/N-ethyl adjacent to an activating group) is 1. The Kier molecular flexibility index (Phi) is 8.76. The first-order chi connectivity index (χ1) is 15.6. The first-order valence-corrected chi connectivity index (χ1v) is 15.1. The quantitative estimate of drug-likeness (QED) is 0.369. The summed E-state index contributed by atoms with van der Waals surface area (Å²) in [5, 5.41) is 3.40. The number of aryl methyl sites for hydroxylation is 1. The molecule has 0 bridgehead atoms. The Morgan fingerprint density at radius 2 is 1.91 bits per heavy atom. The summed E-state index contributed by atoms with van der Waals surface area (Å²) in [5.74, 6) is -0.673. The van der Waals surface area contributed by atoms with Gasteiger partial charge in [0.25, 0.3) is 7.19 Å². The fourth-order valence-electron chi connectivity index (χ4n) is 4.00. The van der Waals surface area contributed by atoms with Crippen LogP contribution < -0.4 is 5.32 Å². The van der Waals surface area contributed by atoms with Crippen molar-refractivity contribution in [3.63, 3.8) is 0 Å². The number of hydrogen-bond donors (Lipinski definition) is 1. The molecule has 2 aromatic carbocycles. The van der Waals surface area contributed by atoms with E-state index in [1.54, 1.807) is 19.1 Å². The average molecular weight is 604 g/mol. The molecule has 1 fully saturated rings. The average Bonchev–Trinajstić information content (AvgIpc) is 2.77. The molecule has 1 aliphatic heterocycles. The van der Waals surface area contributed by atoms with Gasteiger partial charge in [0.2, 0.25) is 11.8 Å². The number of piperidine rings is 1. The number of carbonyl (C=O) groups is 2. The van der Waals surface area contributed by atoms with Crippen molar-refractivity contribution >= 4 is 57.5 Å². The number of carbonyl (C=O) groups excluding carboxylic acids is 2. The molecular formula is C23H27ClIN3O4S.